The van der Waals surface area contributed by atoms with Crippen LogP contribution in [0.5, 0.6) is 0 Å². The summed E-state index contributed by atoms with van der Waals surface area (Å²) in [6.45, 7) is 9.00. The second-order valence-corrected chi connectivity index (χ2v) is 5.04. The van der Waals surface area contributed by atoms with Crippen molar-refractivity contribution in [1.29, 1.82) is 0 Å². The molecule has 0 saturated carbocycles. The number of hydrogen-bond donors (Lipinski definition) is 2. The largest absolute Gasteiger partial charge is 0.368 e. The zero-order valence-corrected chi connectivity index (χ0v) is 12.1. The predicted octanol–water partition coefficient (Wildman–Crippen LogP) is 1.46. The van der Waals surface area contributed by atoms with Crippen LogP contribution in [0.1, 0.15) is 32.2 Å². The molecular weight excluding hydrogens is 252 g/mol. The molecule has 1 aromatic heterocycles. The first kappa shape index (κ1) is 15.0. The molecule has 0 aliphatic rings. The number of carbonyl (C=O) groups is 1. The number of nitrogens with two attached hydrogens (primary N) is 1. The lowest BCUT2D eigenvalue weighted by atomic mass is 10.0. The van der Waals surface area contributed by atoms with E-state index in [0.717, 1.165) is 17.9 Å². The fraction of sp³-hybridized carbons (Fsp3) is 0.667. The number of nitrogens with zero attached hydrogens (tertiary/aromatic N) is 2. The van der Waals surface area contributed by atoms with Crippen LogP contribution < -0.4 is 11.1 Å². The average molecular weight is 273 g/mol. The minimum absolute atomic E-state index is 0.139. The average Bonchev–Trinajstić information content (AvgIpc) is 2.55. The Kier molecular flexibility index (Phi) is 5.16. The van der Waals surface area contributed by atoms with Crippen LogP contribution >= 0.6 is 11.6 Å². The molecule has 18 heavy (non-hydrogen) atoms. The van der Waals surface area contributed by atoms with E-state index in [9.17, 15) is 4.79 Å². The lowest BCUT2D eigenvalue weighted by molar-refractivity contribution is -0.121. The molecule has 0 saturated heterocycles. The number of aryl methyl sites for hydroxylation is 2. The van der Waals surface area contributed by atoms with E-state index in [1.807, 2.05) is 32.4 Å². The molecule has 0 fully saturated rings. The second kappa shape index (κ2) is 6.20. The zero-order chi connectivity index (χ0) is 13.9. The van der Waals surface area contributed by atoms with E-state index in [1.54, 1.807) is 0 Å². The maximum Gasteiger partial charge on any atom is 0.234 e. The number of halogens is 1. The fourth-order valence-electron chi connectivity index (χ4n) is 1.91. The van der Waals surface area contributed by atoms with Crippen LogP contribution in [0, 0.1) is 12.8 Å². The van der Waals surface area contributed by atoms with E-state index in [4.69, 9.17) is 17.3 Å². The SMILES string of the molecule is CCn1nc(C)c(Cl)c1CNC(C(N)=O)C(C)C. The molecule has 3 N–H and O–H groups in total. The van der Waals surface area contributed by atoms with Gasteiger partial charge in [-0.05, 0) is 19.8 Å². The van der Waals surface area contributed by atoms with Crippen molar-refractivity contribution in [2.45, 2.75) is 46.8 Å². The molecule has 1 unspecified atom stereocenters. The van der Waals surface area contributed by atoms with Crippen molar-refractivity contribution >= 4 is 17.5 Å². The highest BCUT2D eigenvalue weighted by Crippen LogP contribution is 2.20. The molecular formula is C12H21ClN4O. The lowest BCUT2D eigenvalue weighted by Crippen LogP contribution is -2.44. The minimum Gasteiger partial charge on any atom is -0.368 e. The van der Waals surface area contributed by atoms with Crippen molar-refractivity contribution in [3.63, 3.8) is 0 Å². The number of rotatable bonds is 6. The molecule has 0 bridgehead atoms. The van der Waals surface area contributed by atoms with Gasteiger partial charge in [-0.15, -0.1) is 0 Å². The number of amides is 1. The van der Waals surface area contributed by atoms with Gasteiger partial charge in [0.2, 0.25) is 5.91 Å². The van der Waals surface area contributed by atoms with Gasteiger partial charge in [0, 0.05) is 13.1 Å². The van der Waals surface area contributed by atoms with Gasteiger partial charge in [0.15, 0.2) is 0 Å². The van der Waals surface area contributed by atoms with Gasteiger partial charge in [-0.25, -0.2) is 0 Å². The van der Waals surface area contributed by atoms with Gasteiger partial charge in [-0.3, -0.25) is 14.8 Å². The lowest BCUT2D eigenvalue weighted by Gasteiger charge is -2.19. The summed E-state index contributed by atoms with van der Waals surface area (Å²) in [7, 11) is 0. The molecule has 0 aliphatic heterocycles. The van der Waals surface area contributed by atoms with Crippen LogP contribution in [0.15, 0.2) is 0 Å². The molecule has 0 aromatic carbocycles. The van der Waals surface area contributed by atoms with Crippen molar-refractivity contribution in [2.24, 2.45) is 11.7 Å². The van der Waals surface area contributed by atoms with E-state index < -0.39 is 0 Å². The highest BCUT2D eigenvalue weighted by molar-refractivity contribution is 6.31. The third kappa shape index (κ3) is 3.23. The Morgan fingerprint density at radius 3 is 2.61 bits per heavy atom. The number of primary amides is 1. The van der Waals surface area contributed by atoms with Crippen molar-refractivity contribution in [2.75, 3.05) is 0 Å². The van der Waals surface area contributed by atoms with E-state index in [-0.39, 0.29) is 17.9 Å². The van der Waals surface area contributed by atoms with Crippen LogP contribution in [0.25, 0.3) is 0 Å². The van der Waals surface area contributed by atoms with Gasteiger partial charge in [0.25, 0.3) is 0 Å². The van der Waals surface area contributed by atoms with E-state index >= 15 is 0 Å². The minimum atomic E-state index is -0.360. The first-order chi connectivity index (χ1) is 8.38. The third-order valence-electron chi connectivity index (χ3n) is 2.92. The third-order valence-corrected chi connectivity index (χ3v) is 3.41. The number of aromatic nitrogens is 2. The summed E-state index contributed by atoms with van der Waals surface area (Å²) in [6, 6.07) is -0.360. The summed E-state index contributed by atoms with van der Waals surface area (Å²) < 4.78 is 1.84. The molecule has 1 aromatic rings. The molecule has 1 atom stereocenters. The zero-order valence-electron chi connectivity index (χ0n) is 11.3. The smallest absolute Gasteiger partial charge is 0.234 e. The summed E-state index contributed by atoms with van der Waals surface area (Å²) >= 11 is 6.20. The second-order valence-electron chi connectivity index (χ2n) is 4.67. The molecule has 1 amide bonds. The van der Waals surface area contributed by atoms with Crippen molar-refractivity contribution in [3.05, 3.63) is 16.4 Å². The Morgan fingerprint density at radius 1 is 1.56 bits per heavy atom. The van der Waals surface area contributed by atoms with Crippen LogP contribution in [0.4, 0.5) is 0 Å². The van der Waals surface area contributed by atoms with Gasteiger partial charge in [0.05, 0.1) is 22.5 Å². The number of carbonyl (C=O) groups excluding carboxylic acids is 1. The van der Waals surface area contributed by atoms with Gasteiger partial charge >= 0.3 is 0 Å². The van der Waals surface area contributed by atoms with Crippen molar-refractivity contribution < 1.29 is 4.79 Å². The highest BCUT2D eigenvalue weighted by atomic mass is 35.5. The Balaban J connectivity index is 2.82. The van der Waals surface area contributed by atoms with Gasteiger partial charge < -0.3 is 5.73 Å². The van der Waals surface area contributed by atoms with Gasteiger partial charge in [-0.2, -0.15) is 5.10 Å². The molecule has 0 spiro atoms. The Morgan fingerprint density at radius 2 is 2.17 bits per heavy atom. The fourth-order valence-corrected chi connectivity index (χ4v) is 2.11. The molecule has 1 rings (SSSR count). The van der Waals surface area contributed by atoms with E-state index in [2.05, 4.69) is 10.4 Å². The normalized spacial score (nSPS) is 13.0. The number of hydrogen-bond acceptors (Lipinski definition) is 3. The van der Waals surface area contributed by atoms with Crippen molar-refractivity contribution in [3.8, 4) is 0 Å². The Hall–Kier alpha value is -1.07. The van der Waals surface area contributed by atoms with Crippen LogP contribution in [0.2, 0.25) is 5.02 Å². The van der Waals surface area contributed by atoms with Gasteiger partial charge in [0.1, 0.15) is 0 Å². The maximum absolute atomic E-state index is 11.3. The summed E-state index contributed by atoms with van der Waals surface area (Å²) in [5, 5.41) is 8.12. The topological polar surface area (TPSA) is 72.9 Å². The molecule has 102 valence electrons. The van der Waals surface area contributed by atoms with Gasteiger partial charge in [-0.1, -0.05) is 25.4 Å². The van der Waals surface area contributed by atoms with Crippen LogP contribution in [-0.4, -0.2) is 21.7 Å². The Labute approximate surface area is 113 Å². The highest BCUT2D eigenvalue weighted by Gasteiger charge is 2.20. The predicted molar refractivity (Wildman–Crippen MR) is 72.3 cm³/mol. The van der Waals surface area contributed by atoms with Crippen LogP contribution in [-0.2, 0) is 17.9 Å². The molecule has 6 heteroatoms. The summed E-state index contributed by atoms with van der Waals surface area (Å²) in [5.74, 6) is -0.208. The molecule has 5 nitrogen and oxygen atoms in total. The number of nitrogens with one attached hydrogen (secondary N) is 1. The molecule has 0 aliphatic carbocycles. The maximum atomic E-state index is 11.3. The van der Waals surface area contributed by atoms with Crippen molar-refractivity contribution in [1.82, 2.24) is 15.1 Å². The van der Waals surface area contributed by atoms with E-state index in [0.29, 0.717) is 11.6 Å². The standard InChI is InChI=1S/C12H21ClN4O/c1-5-17-9(10(13)8(4)16-17)6-15-11(7(2)3)12(14)18/h7,11,15H,5-6H2,1-4H3,(H2,14,18). The Bertz CT molecular complexity index is 428. The van der Waals surface area contributed by atoms with Crippen LogP contribution in [0.3, 0.4) is 0 Å². The quantitative estimate of drug-likeness (QED) is 0.824. The summed E-state index contributed by atoms with van der Waals surface area (Å²) in [5.41, 5.74) is 7.05. The molecule has 0 radical (unpaired) electrons. The molecule has 1 heterocycles. The first-order valence-corrected chi connectivity index (χ1v) is 6.50. The summed E-state index contributed by atoms with van der Waals surface area (Å²) in [6.07, 6.45) is 0. The summed E-state index contributed by atoms with van der Waals surface area (Å²) in [4.78, 5) is 11.3. The monoisotopic (exact) mass is 272 g/mol. The van der Waals surface area contributed by atoms with E-state index in [1.165, 1.54) is 0 Å². The first-order valence-electron chi connectivity index (χ1n) is 6.12.